The van der Waals surface area contributed by atoms with Gasteiger partial charge in [0.25, 0.3) is 0 Å². The fourth-order valence-corrected chi connectivity index (χ4v) is 3.21. The smallest absolute Gasteiger partial charge is 0.112 e. The zero-order valence-electron chi connectivity index (χ0n) is 14.1. The van der Waals surface area contributed by atoms with Crippen LogP contribution in [0.2, 0.25) is 0 Å². The number of hydrogen-bond acceptors (Lipinski definition) is 4. The third-order valence-corrected chi connectivity index (χ3v) is 4.41. The summed E-state index contributed by atoms with van der Waals surface area (Å²) in [6, 6.07) is 8.54. The van der Waals surface area contributed by atoms with Gasteiger partial charge >= 0.3 is 0 Å². The Morgan fingerprint density at radius 3 is 2.30 bits per heavy atom. The molecule has 0 atom stereocenters. The quantitative estimate of drug-likeness (QED) is 0.922. The van der Waals surface area contributed by atoms with Gasteiger partial charge in [-0.05, 0) is 55.9 Å². The van der Waals surface area contributed by atoms with Crippen LogP contribution in [-0.4, -0.2) is 33.2 Å². The first-order chi connectivity index (χ1) is 11.2. The van der Waals surface area contributed by atoms with E-state index in [-0.39, 0.29) is 6.61 Å². The summed E-state index contributed by atoms with van der Waals surface area (Å²) in [7, 11) is 0. The van der Waals surface area contributed by atoms with Crippen LogP contribution in [-0.2, 0) is 13.0 Å². The van der Waals surface area contributed by atoms with Crippen molar-refractivity contribution in [1.29, 1.82) is 0 Å². The van der Waals surface area contributed by atoms with Gasteiger partial charge in [0.05, 0.1) is 18.0 Å². The second kappa shape index (κ2) is 7.13. The van der Waals surface area contributed by atoms with E-state index in [9.17, 15) is 5.11 Å². The van der Waals surface area contributed by atoms with Crippen LogP contribution in [0.15, 0.2) is 24.3 Å². The molecule has 1 N–H and O–H groups in total. The normalized spacial score (nSPS) is 15.4. The molecule has 0 spiro atoms. The average molecular weight is 314 g/mol. The van der Waals surface area contributed by atoms with Crippen molar-refractivity contribution in [2.75, 3.05) is 18.0 Å². The van der Waals surface area contributed by atoms with Crippen LogP contribution in [0.1, 0.15) is 44.5 Å². The Bertz CT molecular complexity index is 627. The lowest BCUT2D eigenvalue weighted by molar-refractivity contribution is 0.275. The van der Waals surface area contributed by atoms with Crippen molar-refractivity contribution in [3.05, 3.63) is 35.7 Å². The Hall–Kier alpha value is -1.88. The molecule has 124 valence electrons. The van der Waals surface area contributed by atoms with E-state index >= 15 is 0 Å². The molecule has 0 saturated carbocycles. The SMILES string of the molecule is CC(C)Cc1c(CO)nnn1-c1ccc(N2CCCCC2)cc1. The predicted octanol–water partition coefficient (Wildman–Crippen LogP) is 2.95. The molecule has 0 radical (unpaired) electrons. The zero-order valence-corrected chi connectivity index (χ0v) is 14.1. The Labute approximate surface area is 137 Å². The minimum absolute atomic E-state index is 0.0616. The minimum Gasteiger partial charge on any atom is -0.390 e. The van der Waals surface area contributed by atoms with Gasteiger partial charge in [0, 0.05) is 18.8 Å². The standard InChI is InChI=1S/C18H26N4O/c1-14(2)12-18-17(13-23)19-20-22(18)16-8-6-15(7-9-16)21-10-4-3-5-11-21/h6-9,14,23H,3-5,10-13H2,1-2H3. The molecule has 1 aliphatic rings. The number of benzene rings is 1. The summed E-state index contributed by atoms with van der Waals surface area (Å²) in [6.45, 7) is 6.57. The van der Waals surface area contributed by atoms with E-state index in [0.717, 1.165) is 30.9 Å². The first-order valence-corrected chi connectivity index (χ1v) is 8.58. The van der Waals surface area contributed by atoms with Crippen molar-refractivity contribution in [2.24, 2.45) is 5.92 Å². The van der Waals surface area contributed by atoms with Crippen LogP contribution in [0.5, 0.6) is 0 Å². The van der Waals surface area contributed by atoms with Crippen molar-refractivity contribution in [3.63, 3.8) is 0 Å². The lowest BCUT2D eigenvalue weighted by Gasteiger charge is -2.28. The summed E-state index contributed by atoms with van der Waals surface area (Å²) in [4.78, 5) is 2.45. The Morgan fingerprint density at radius 2 is 1.70 bits per heavy atom. The van der Waals surface area contributed by atoms with Gasteiger partial charge in [-0.3, -0.25) is 0 Å². The molecule has 3 rings (SSSR count). The molecule has 1 aromatic heterocycles. The van der Waals surface area contributed by atoms with Crippen molar-refractivity contribution in [2.45, 2.75) is 46.1 Å². The monoisotopic (exact) mass is 314 g/mol. The second-order valence-corrected chi connectivity index (χ2v) is 6.71. The molecule has 1 saturated heterocycles. The highest BCUT2D eigenvalue weighted by molar-refractivity contribution is 5.51. The molecule has 1 aliphatic heterocycles. The molecule has 5 heteroatoms. The van der Waals surface area contributed by atoms with Crippen LogP contribution < -0.4 is 4.90 Å². The molecule has 5 nitrogen and oxygen atoms in total. The van der Waals surface area contributed by atoms with Crippen molar-refractivity contribution in [3.8, 4) is 5.69 Å². The number of anilines is 1. The van der Waals surface area contributed by atoms with Crippen LogP contribution >= 0.6 is 0 Å². The molecule has 23 heavy (non-hydrogen) atoms. The number of nitrogens with zero attached hydrogens (tertiary/aromatic N) is 4. The minimum atomic E-state index is -0.0616. The van der Waals surface area contributed by atoms with Gasteiger partial charge in [0.2, 0.25) is 0 Å². The Kier molecular flexibility index (Phi) is 4.96. The molecule has 2 aromatic rings. The number of rotatable bonds is 5. The van der Waals surface area contributed by atoms with Crippen LogP contribution in [0.25, 0.3) is 5.69 Å². The molecule has 2 heterocycles. The fraction of sp³-hybridized carbons (Fsp3) is 0.556. The largest absolute Gasteiger partial charge is 0.390 e. The van der Waals surface area contributed by atoms with E-state index < -0.39 is 0 Å². The van der Waals surface area contributed by atoms with Crippen molar-refractivity contribution < 1.29 is 5.11 Å². The molecular formula is C18H26N4O. The van der Waals surface area contributed by atoms with E-state index in [2.05, 4.69) is 53.3 Å². The van der Waals surface area contributed by atoms with E-state index in [1.54, 1.807) is 0 Å². The van der Waals surface area contributed by atoms with Crippen LogP contribution in [0.3, 0.4) is 0 Å². The van der Waals surface area contributed by atoms with Gasteiger partial charge in [-0.1, -0.05) is 19.1 Å². The van der Waals surface area contributed by atoms with Crippen LogP contribution in [0.4, 0.5) is 5.69 Å². The summed E-state index contributed by atoms with van der Waals surface area (Å²) >= 11 is 0. The number of aromatic nitrogens is 3. The fourth-order valence-electron chi connectivity index (χ4n) is 3.21. The summed E-state index contributed by atoms with van der Waals surface area (Å²) < 4.78 is 1.87. The Morgan fingerprint density at radius 1 is 1.04 bits per heavy atom. The third kappa shape index (κ3) is 3.55. The van der Waals surface area contributed by atoms with E-state index in [1.165, 1.54) is 24.9 Å². The summed E-state index contributed by atoms with van der Waals surface area (Å²) in [6.07, 6.45) is 4.76. The van der Waals surface area contributed by atoms with Gasteiger partial charge < -0.3 is 10.0 Å². The molecule has 0 aliphatic carbocycles. The molecule has 1 aromatic carbocycles. The van der Waals surface area contributed by atoms with Crippen molar-refractivity contribution in [1.82, 2.24) is 15.0 Å². The van der Waals surface area contributed by atoms with Gasteiger partial charge in [-0.2, -0.15) is 0 Å². The highest BCUT2D eigenvalue weighted by Gasteiger charge is 2.16. The average Bonchev–Trinajstić information content (AvgIpc) is 2.98. The third-order valence-electron chi connectivity index (χ3n) is 4.41. The summed E-state index contributed by atoms with van der Waals surface area (Å²) in [5, 5.41) is 17.9. The van der Waals surface area contributed by atoms with Gasteiger partial charge in [0.15, 0.2) is 0 Å². The van der Waals surface area contributed by atoms with E-state index in [1.807, 2.05) is 4.68 Å². The van der Waals surface area contributed by atoms with Crippen LogP contribution in [0, 0.1) is 5.92 Å². The highest BCUT2D eigenvalue weighted by atomic mass is 16.3. The van der Waals surface area contributed by atoms with Crippen molar-refractivity contribution >= 4 is 5.69 Å². The van der Waals surface area contributed by atoms with Gasteiger partial charge in [-0.25, -0.2) is 4.68 Å². The summed E-state index contributed by atoms with van der Waals surface area (Å²) in [5.41, 5.74) is 3.97. The molecule has 0 unspecified atom stereocenters. The zero-order chi connectivity index (χ0) is 16.2. The van der Waals surface area contributed by atoms with Gasteiger partial charge in [0.1, 0.15) is 5.69 Å². The molecular weight excluding hydrogens is 288 g/mol. The maximum atomic E-state index is 9.48. The first kappa shape index (κ1) is 16.0. The predicted molar refractivity (Wildman–Crippen MR) is 91.9 cm³/mol. The lowest BCUT2D eigenvalue weighted by atomic mass is 10.1. The topological polar surface area (TPSA) is 54.2 Å². The maximum absolute atomic E-state index is 9.48. The number of aliphatic hydroxyl groups is 1. The molecule has 0 bridgehead atoms. The number of aliphatic hydroxyl groups excluding tert-OH is 1. The number of piperidine rings is 1. The number of hydrogen-bond donors (Lipinski definition) is 1. The highest BCUT2D eigenvalue weighted by Crippen LogP contribution is 2.23. The second-order valence-electron chi connectivity index (χ2n) is 6.71. The summed E-state index contributed by atoms with van der Waals surface area (Å²) in [5.74, 6) is 0.491. The molecule has 0 amide bonds. The lowest BCUT2D eigenvalue weighted by Crippen LogP contribution is -2.29. The van der Waals surface area contributed by atoms with Gasteiger partial charge in [-0.15, -0.1) is 5.10 Å². The van der Waals surface area contributed by atoms with E-state index in [4.69, 9.17) is 0 Å². The van der Waals surface area contributed by atoms with E-state index in [0.29, 0.717) is 11.6 Å². The first-order valence-electron chi connectivity index (χ1n) is 8.58. The molecule has 1 fully saturated rings. The Balaban J connectivity index is 1.85. The maximum Gasteiger partial charge on any atom is 0.112 e.